The van der Waals surface area contributed by atoms with Crippen molar-refractivity contribution in [1.82, 2.24) is 4.98 Å². The van der Waals surface area contributed by atoms with Gasteiger partial charge in [-0.1, -0.05) is 6.07 Å². The molecule has 1 aliphatic carbocycles. The van der Waals surface area contributed by atoms with Gasteiger partial charge in [0, 0.05) is 18.1 Å². The van der Waals surface area contributed by atoms with Crippen LogP contribution in [0.3, 0.4) is 0 Å². The second-order valence-electron chi connectivity index (χ2n) is 4.21. The Hall–Kier alpha value is -0.760. The number of nitrogens with one attached hydrogen (secondary N) is 1. The number of pyridine rings is 1. The number of halogens is 1. The van der Waals surface area contributed by atoms with E-state index >= 15 is 0 Å². The second-order valence-corrected chi connectivity index (χ2v) is 4.83. The van der Waals surface area contributed by atoms with Crippen molar-refractivity contribution in [3.63, 3.8) is 0 Å². The molecule has 0 bridgehead atoms. The number of nitrogens with zero attached hydrogens (tertiary/aromatic N) is 1. The van der Waals surface area contributed by atoms with Crippen LogP contribution in [0.5, 0.6) is 0 Å². The van der Waals surface area contributed by atoms with Crippen molar-refractivity contribution in [2.45, 2.75) is 31.1 Å². The summed E-state index contributed by atoms with van der Waals surface area (Å²) in [4.78, 5) is 4.24. The van der Waals surface area contributed by atoms with Gasteiger partial charge in [-0.3, -0.25) is 0 Å². The maximum absolute atomic E-state index is 6.07. The summed E-state index contributed by atoms with van der Waals surface area (Å²) in [5.41, 5.74) is 0. The number of aromatic nitrogens is 1. The van der Waals surface area contributed by atoms with Crippen molar-refractivity contribution < 1.29 is 0 Å². The molecule has 1 heterocycles. The minimum absolute atomic E-state index is 0.413. The van der Waals surface area contributed by atoms with Crippen LogP contribution in [0.4, 0.5) is 5.82 Å². The molecule has 1 fully saturated rings. The largest absolute Gasteiger partial charge is 0.370 e. The first-order chi connectivity index (χ1) is 7.34. The molecule has 3 heteroatoms. The third-order valence-corrected chi connectivity index (χ3v) is 3.45. The Kier molecular flexibility index (Phi) is 3.84. The van der Waals surface area contributed by atoms with Gasteiger partial charge in [0.1, 0.15) is 5.82 Å². The molecule has 0 aromatic carbocycles. The van der Waals surface area contributed by atoms with Gasteiger partial charge in [-0.25, -0.2) is 4.98 Å². The minimum atomic E-state index is 0.413. The number of rotatable bonds is 3. The Morgan fingerprint density at radius 3 is 2.73 bits per heavy atom. The highest BCUT2D eigenvalue weighted by atomic mass is 35.5. The van der Waals surface area contributed by atoms with Crippen LogP contribution in [-0.4, -0.2) is 16.9 Å². The SMILES string of the molecule is ClC1CCC(CNc2ccccn2)CC1. The first kappa shape index (κ1) is 10.7. The lowest BCUT2D eigenvalue weighted by atomic mass is 9.89. The van der Waals surface area contributed by atoms with Crippen molar-refractivity contribution in [1.29, 1.82) is 0 Å². The smallest absolute Gasteiger partial charge is 0.125 e. The third kappa shape index (κ3) is 3.38. The van der Waals surface area contributed by atoms with Crippen molar-refractivity contribution >= 4 is 17.4 Å². The number of hydrogen-bond acceptors (Lipinski definition) is 2. The van der Waals surface area contributed by atoms with Gasteiger partial charge in [-0.05, 0) is 43.7 Å². The summed E-state index contributed by atoms with van der Waals surface area (Å²) in [6.07, 6.45) is 6.63. The zero-order valence-electron chi connectivity index (χ0n) is 8.82. The summed E-state index contributed by atoms with van der Waals surface area (Å²) in [7, 11) is 0. The summed E-state index contributed by atoms with van der Waals surface area (Å²) in [5.74, 6) is 1.74. The Morgan fingerprint density at radius 2 is 2.07 bits per heavy atom. The van der Waals surface area contributed by atoms with E-state index in [1.807, 2.05) is 24.4 Å². The van der Waals surface area contributed by atoms with Gasteiger partial charge >= 0.3 is 0 Å². The first-order valence-corrected chi connectivity index (χ1v) is 6.07. The molecule has 1 N–H and O–H groups in total. The first-order valence-electron chi connectivity index (χ1n) is 5.63. The summed E-state index contributed by atoms with van der Waals surface area (Å²) in [6.45, 7) is 1.03. The number of hydrogen-bond donors (Lipinski definition) is 1. The summed E-state index contributed by atoms with van der Waals surface area (Å²) in [5, 5.41) is 3.79. The Labute approximate surface area is 96.1 Å². The Morgan fingerprint density at radius 1 is 1.27 bits per heavy atom. The predicted molar refractivity (Wildman–Crippen MR) is 64.3 cm³/mol. The van der Waals surface area contributed by atoms with Gasteiger partial charge < -0.3 is 5.32 Å². The van der Waals surface area contributed by atoms with E-state index in [2.05, 4.69) is 10.3 Å². The molecule has 0 aliphatic heterocycles. The topological polar surface area (TPSA) is 24.9 Å². The average Bonchev–Trinajstić information content (AvgIpc) is 2.30. The van der Waals surface area contributed by atoms with Crippen LogP contribution in [0.2, 0.25) is 0 Å². The highest BCUT2D eigenvalue weighted by Crippen LogP contribution is 2.27. The van der Waals surface area contributed by atoms with Crippen molar-refractivity contribution in [3.05, 3.63) is 24.4 Å². The van der Waals surface area contributed by atoms with E-state index in [1.54, 1.807) is 0 Å². The molecule has 2 rings (SSSR count). The standard InChI is InChI=1S/C12H17ClN2/c13-11-6-4-10(5-7-11)9-15-12-3-1-2-8-14-12/h1-3,8,10-11H,4-7,9H2,(H,14,15). The number of anilines is 1. The average molecular weight is 225 g/mol. The van der Waals surface area contributed by atoms with E-state index in [-0.39, 0.29) is 0 Å². The van der Waals surface area contributed by atoms with Crippen LogP contribution in [-0.2, 0) is 0 Å². The van der Waals surface area contributed by atoms with E-state index in [0.29, 0.717) is 5.38 Å². The maximum atomic E-state index is 6.07. The fourth-order valence-electron chi connectivity index (χ4n) is 2.04. The van der Waals surface area contributed by atoms with Crippen molar-refractivity contribution in [2.75, 3.05) is 11.9 Å². The highest BCUT2D eigenvalue weighted by Gasteiger charge is 2.18. The zero-order valence-corrected chi connectivity index (χ0v) is 9.58. The van der Waals surface area contributed by atoms with E-state index < -0.39 is 0 Å². The molecule has 15 heavy (non-hydrogen) atoms. The maximum Gasteiger partial charge on any atom is 0.125 e. The third-order valence-electron chi connectivity index (χ3n) is 3.01. The zero-order chi connectivity index (χ0) is 10.5. The van der Waals surface area contributed by atoms with Crippen LogP contribution < -0.4 is 5.32 Å². The van der Waals surface area contributed by atoms with Crippen LogP contribution in [0.25, 0.3) is 0 Å². The van der Waals surface area contributed by atoms with Gasteiger partial charge in [0.15, 0.2) is 0 Å². The molecule has 0 radical (unpaired) electrons. The molecule has 0 amide bonds. The molecule has 0 saturated heterocycles. The summed E-state index contributed by atoms with van der Waals surface area (Å²) >= 11 is 6.07. The number of alkyl halides is 1. The Bertz CT molecular complexity index is 281. The minimum Gasteiger partial charge on any atom is -0.370 e. The molecule has 0 unspecified atom stereocenters. The van der Waals surface area contributed by atoms with Crippen molar-refractivity contribution in [3.8, 4) is 0 Å². The second kappa shape index (κ2) is 5.36. The molecular formula is C12H17ClN2. The van der Waals surface area contributed by atoms with Gasteiger partial charge in [-0.15, -0.1) is 11.6 Å². The van der Waals surface area contributed by atoms with Crippen LogP contribution in [0.1, 0.15) is 25.7 Å². The fourth-order valence-corrected chi connectivity index (χ4v) is 2.29. The fraction of sp³-hybridized carbons (Fsp3) is 0.583. The molecule has 1 aromatic rings. The molecule has 82 valence electrons. The van der Waals surface area contributed by atoms with Crippen LogP contribution in [0, 0.1) is 5.92 Å². The predicted octanol–water partition coefficient (Wildman–Crippen LogP) is 3.29. The molecule has 0 spiro atoms. The quantitative estimate of drug-likeness (QED) is 0.797. The summed E-state index contributed by atoms with van der Waals surface area (Å²) < 4.78 is 0. The Balaban J connectivity index is 1.74. The molecular weight excluding hydrogens is 208 g/mol. The van der Waals surface area contributed by atoms with Gasteiger partial charge in [0.25, 0.3) is 0 Å². The lowest BCUT2D eigenvalue weighted by molar-refractivity contribution is 0.377. The molecule has 1 saturated carbocycles. The van der Waals surface area contributed by atoms with E-state index in [4.69, 9.17) is 11.6 Å². The van der Waals surface area contributed by atoms with Crippen molar-refractivity contribution in [2.24, 2.45) is 5.92 Å². The van der Waals surface area contributed by atoms with E-state index in [9.17, 15) is 0 Å². The monoisotopic (exact) mass is 224 g/mol. The molecule has 0 atom stereocenters. The normalized spacial score (nSPS) is 26.2. The van der Waals surface area contributed by atoms with Gasteiger partial charge in [0.05, 0.1) is 0 Å². The lowest BCUT2D eigenvalue weighted by Crippen LogP contribution is -2.21. The van der Waals surface area contributed by atoms with E-state index in [1.165, 1.54) is 12.8 Å². The molecule has 2 nitrogen and oxygen atoms in total. The van der Waals surface area contributed by atoms with Gasteiger partial charge in [0.2, 0.25) is 0 Å². The molecule has 1 aliphatic rings. The summed E-state index contributed by atoms with van der Waals surface area (Å²) in [6, 6.07) is 5.95. The van der Waals surface area contributed by atoms with E-state index in [0.717, 1.165) is 31.1 Å². The highest BCUT2D eigenvalue weighted by molar-refractivity contribution is 6.20. The van der Waals surface area contributed by atoms with Crippen LogP contribution in [0.15, 0.2) is 24.4 Å². The van der Waals surface area contributed by atoms with Crippen LogP contribution >= 0.6 is 11.6 Å². The molecule has 1 aromatic heterocycles. The van der Waals surface area contributed by atoms with Gasteiger partial charge in [-0.2, -0.15) is 0 Å². The lowest BCUT2D eigenvalue weighted by Gasteiger charge is -2.25.